The molecule has 2 rings (SSSR count). The third-order valence-corrected chi connectivity index (χ3v) is 3.79. The van der Waals surface area contributed by atoms with Crippen molar-refractivity contribution in [3.63, 3.8) is 0 Å². The highest BCUT2D eigenvalue weighted by atomic mass is 16.5. The lowest BCUT2D eigenvalue weighted by Gasteiger charge is -2.49. The summed E-state index contributed by atoms with van der Waals surface area (Å²) in [6.07, 6.45) is 1.76. The molecule has 2 unspecified atom stereocenters. The molecule has 2 heterocycles. The molecule has 0 aromatic rings. The topological polar surface area (TPSA) is 38.8 Å². The normalized spacial score (nSPS) is 33.8. The Bertz CT molecular complexity index is 266. The molecule has 2 saturated heterocycles. The van der Waals surface area contributed by atoms with Crippen LogP contribution in [0.25, 0.3) is 0 Å². The van der Waals surface area contributed by atoms with Crippen LogP contribution in [0.1, 0.15) is 33.6 Å². The molecule has 0 N–H and O–H groups in total. The van der Waals surface area contributed by atoms with Gasteiger partial charge in [-0.25, -0.2) is 0 Å². The van der Waals surface area contributed by atoms with E-state index < -0.39 is 0 Å². The number of piperidine rings is 1. The third-order valence-electron chi connectivity index (χ3n) is 3.79. The van der Waals surface area contributed by atoms with Gasteiger partial charge < -0.3 is 9.47 Å². The van der Waals surface area contributed by atoms with E-state index in [0.717, 1.165) is 26.1 Å². The van der Waals surface area contributed by atoms with Crippen LogP contribution in [0.2, 0.25) is 0 Å². The van der Waals surface area contributed by atoms with Crippen molar-refractivity contribution in [2.75, 3.05) is 19.8 Å². The van der Waals surface area contributed by atoms with Gasteiger partial charge in [-0.1, -0.05) is 0 Å². The van der Waals surface area contributed by atoms with Gasteiger partial charge in [0.15, 0.2) is 0 Å². The van der Waals surface area contributed by atoms with Crippen LogP contribution < -0.4 is 0 Å². The minimum Gasteiger partial charge on any atom is -0.466 e. The lowest BCUT2D eigenvalue weighted by atomic mass is 9.84. The van der Waals surface area contributed by atoms with E-state index in [2.05, 4.69) is 18.7 Å². The fraction of sp³-hybridized carbons (Fsp3) is 0.923. The van der Waals surface area contributed by atoms with Gasteiger partial charge in [-0.2, -0.15) is 0 Å². The SMILES string of the molecule is CCOC(=O)C1CC2COCC(C1)N2C(C)C. The van der Waals surface area contributed by atoms with E-state index in [1.165, 1.54) is 0 Å². The van der Waals surface area contributed by atoms with Gasteiger partial charge in [0, 0.05) is 18.1 Å². The van der Waals surface area contributed by atoms with E-state index in [0.29, 0.717) is 24.7 Å². The molecule has 2 bridgehead atoms. The van der Waals surface area contributed by atoms with E-state index in [4.69, 9.17) is 9.47 Å². The first-order chi connectivity index (χ1) is 8.13. The molecule has 0 radical (unpaired) electrons. The number of fused-ring (bicyclic) bond motifs is 2. The first kappa shape index (κ1) is 12.8. The third kappa shape index (κ3) is 2.63. The second-order valence-corrected chi connectivity index (χ2v) is 5.31. The molecule has 0 aromatic carbocycles. The van der Waals surface area contributed by atoms with Crippen LogP contribution in [0, 0.1) is 5.92 Å². The molecule has 2 atom stereocenters. The molecule has 4 nitrogen and oxygen atoms in total. The molecule has 0 amide bonds. The molecule has 17 heavy (non-hydrogen) atoms. The Hall–Kier alpha value is -0.610. The van der Waals surface area contributed by atoms with Gasteiger partial charge in [0.25, 0.3) is 0 Å². The zero-order valence-corrected chi connectivity index (χ0v) is 11.0. The number of rotatable bonds is 3. The lowest BCUT2D eigenvalue weighted by molar-refractivity contribution is -0.158. The summed E-state index contributed by atoms with van der Waals surface area (Å²) in [4.78, 5) is 14.3. The van der Waals surface area contributed by atoms with E-state index in [1.807, 2.05) is 6.92 Å². The summed E-state index contributed by atoms with van der Waals surface area (Å²) in [6.45, 7) is 8.29. The first-order valence-electron chi connectivity index (χ1n) is 6.65. The Labute approximate surface area is 103 Å². The van der Waals surface area contributed by atoms with Crippen molar-refractivity contribution in [2.45, 2.75) is 51.7 Å². The van der Waals surface area contributed by atoms with Gasteiger partial charge in [-0.05, 0) is 33.6 Å². The van der Waals surface area contributed by atoms with Crippen molar-refractivity contribution in [1.29, 1.82) is 0 Å². The van der Waals surface area contributed by atoms with Crippen LogP contribution >= 0.6 is 0 Å². The zero-order valence-electron chi connectivity index (χ0n) is 11.0. The van der Waals surface area contributed by atoms with Crippen molar-refractivity contribution in [3.05, 3.63) is 0 Å². The van der Waals surface area contributed by atoms with Crippen LogP contribution in [-0.2, 0) is 14.3 Å². The molecule has 98 valence electrons. The smallest absolute Gasteiger partial charge is 0.309 e. The molecule has 4 heteroatoms. The summed E-state index contributed by atoms with van der Waals surface area (Å²) in [6, 6.07) is 1.30. The molecule has 2 fully saturated rings. The number of carbonyl (C=O) groups is 1. The molecule has 0 aromatic heterocycles. The quantitative estimate of drug-likeness (QED) is 0.701. The Morgan fingerprint density at radius 1 is 1.35 bits per heavy atom. The highest BCUT2D eigenvalue weighted by Crippen LogP contribution is 2.33. The van der Waals surface area contributed by atoms with Gasteiger partial charge in [0.1, 0.15) is 0 Å². The number of ether oxygens (including phenoxy) is 2. The maximum Gasteiger partial charge on any atom is 0.309 e. The standard InChI is InChI=1S/C13H23NO3/c1-4-17-13(15)10-5-11-7-16-8-12(6-10)14(11)9(2)3/h9-12H,4-8H2,1-3H3. The Balaban J connectivity index is 2.03. The fourth-order valence-electron chi connectivity index (χ4n) is 3.24. The molecule has 0 spiro atoms. The van der Waals surface area contributed by atoms with Crippen LogP contribution in [0.15, 0.2) is 0 Å². The fourth-order valence-corrected chi connectivity index (χ4v) is 3.24. The second-order valence-electron chi connectivity index (χ2n) is 5.31. The summed E-state index contributed by atoms with van der Waals surface area (Å²) in [5, 5.41) is 0. The molecule has 0 saturated carbocycles. The number of carbonyl (C=O) groups excluding carboxylic acids is 1. The number of morpholine rings is 1. The van der Waals surface area contributed by atoms with Crippen molar-refractivity contribution in [3.8, 4) is 0 Å². The van der Waals surface area contributed by atoms with E-state index >= 15 is 0 Å². The minimum atomic E-state index is -0.0205. The lowest BCUT2D eigenvalue weighted by Crippen LogP contribution is -2.60. The van der Waals surface area contributed by atoms with Crippen molar-refractivity contribution >= 4 is 5.97 Å². The minimum absolute atomic E-state index is 0.0205. The van der Waals surface area contributed by atoms with Crippen LogP contribution in [-0.4, -0.2) is 48.8 Å². The summed E-state index contributed by atoms with van der Waals surface area (Å²) in [5.41, 5.74) is 0. The highest BCUT2D eigenvalue weighted by molar-refractivity contribution is 5.72. The Morgan fingerprint density at radius 2 is 1.94 bits per heavy atom. The largest absolute Gasteiger partial charge is 0.466 e. The van der Waals surface area contributed by atoms with Crippen LogP contribution in [0.5, 0.6) is 0 Å². The maximum absolute atomic E-state index is 11.8. The zero-order chi connectivity index (χ0) is 12.4. The van der Waals surface area contributed by atoms with Gasteiger partial charge in [0.05, 0.1) is 25.7 Å². The number of hydrogen-bond acceptors (Lipinski definition) is 4. The predicted octanol–water partition coefficient (Wildman–Crippen LogP) is 1.44. The van der Waals surface area contributed by atoms with Gasteiger partial charge >= 0.3 is 5.97 Å². The average Bonchev–Trinajstić information content (AvgIpc) is 2.27. The predicted molar refractivity (Wildman–Crippen MR) is 64.7 cm³/mol. The molecule has 2 aliphatic heterocycles. The Morgan fingerprint density at radius 3 is 2.41 bits per heavy atom. The Kier molecular flexibility index (Phi) is 4.05. The highest BCUT2D eigenvalue weighted by Gasteiger charge is 2.42. The van der Waals surface area contributed by atoms with Gasteiger partial charge in [0.2, 0.25) is 0 Å². The van der Waals surface area contributed by atoms with Crippen molar-refractivity contribution in [1.82, 2.24) is 4.90 Å². The van der Waals surface area contributed by atoms with E-state index in [-0.39, 0.29) is 11.9 Å². The van der Waals surface area contributed by atoms with Crippen LogP contribution in [0.4, 0.5) is 0 Å². The molecule has 2 aliphatic rings. The van der Waals surface area contributed by atoms with Gasteiger partial charge in [-0.15, -0.1) is 0 Å². The molecule has 0 aliphatic carbocycles. The molecular formula is C13H23NO3. The average molecular weight is 241 g/mol. The number of nitrogens with zero attached hydrogens (tertiary/aromatic N) is 1. The summed E-state index contributed by atoms with van der Waals surface area (Å²) >= 11 is 0. The maximum atomic E-state index is 11.8. The summed E-state index contributed by atoms with van der Waals surface area (Å²) < 4.78 is 10.8. The number of hydrogen-bond donors (Lipinski definition) is 0. The first-order valence-corrected chi connectivity index (χ1v) is 6.65. The van der Waals surface area contributed by atoms with Crippen molar-refractivity contribution < 1.29 is 14.3 Å². The van der Waals surface area contributed by atoms with E-state index in [1.54, 1.807) is 0 Å². The van der Waals surface area contributed by atoms with Crippen molar-refractivity contribution in [2.24, 2.45) is 5.92 Å². The van der Waals surface area contributed by atoms with Gasteiger partial charge in [-0.3, -0.25) is 9.69 Å². The number of esters is 1. The monoisotopic (exact) mass is 241 g/mol. The molecular weight excluding hydrogens is 218 g/mol. The van der Waals surface area contributed by atoms with Crippen LogP contribution in [0.3, 0.4) is 0 Å². The summed E-state index contributed by atoms with van der Waals surface area (Å²) in [7, 11) is 0. The van der Waals surface area contributed by atoms with E-state index in [9.17, 15) is 4.79 Å². The summed E-state index contributed by atoms with van der Waals surface area (Å²) in [5.74, 6) is 0.0525. The second kappa shape index (κ2) is 5.36.